The largest absolute Gasteiger partial charge is 0.493 e. The van der Waals surface area contributed by atoms with Crippen molar-refractivity contribution >= 4 is 40.9 Å². The van der Waals surface area contributed by atoms with Gasteiger partial charge in [0.15, 0.2) is 5.69 Å². The third-order valence-electron chi connectivity index (χ3n) is 8.96. The van der Waals surface area contributed by atoms with Crippen LogP contribution in [0.5, 0.6) is 5.75 Å². The van der Waals surface area contributed by atoms with E-state index in [0.29, 0.717) is 48.7 Å². The highest BCUT2D eigenvalue weighted by Crippen LogP contribution is 2.43. The standard InChI is InChI=1S/C40H44N4O7S/c1-22-15-24(19-41-38(48)51-39(3,4)5)16-23(2)32(22)43-35(45)28-17-29-31(50-13-11-25-12-14-52-34(25)29)18-27(28)26-9-10-30(42-33(26)37(47)49-8)36(46)44-20-40(6,7)21-44/h9-10,12,14-18H,11,13,19-21H2,1-8H3,(H,41,48)(H,43,45). The lowest BCUT2D eigenvalue weighted by Gasteiger charge is -2.45. The van der Waals surface area contributed by atoms with E-state index in [2.05, 4.69) is 35.5 Å². The molecule has 272 valence electrons. The molecule has 0 aliphatic carbocycles. The number of ether oxygens (including phenoxy) is 3. The quantitative estimate of drug-likeness (QED) is 0.186. The van der Waals surface area contributed by atoms with Gasteiger partial charge in [0.1, 0.15) is 17.0 Å². The molecule has 2 aliphatic heterocycles. The van der Waals surface area contributed by atoms with Crippen molar-refractivity contribution in [3.05, 3.63) is 87.0 Å². The number of alkyl carbamates (subject to hydrolysis) is 1. The summed E-state index contributed by atoms with van der Waals surface area (Å²) < 4.78 is 16.7. The number of methoxy groups -OCH3 is 1. The van der Waals surface area contributed by atoms with Crippen LogP contribution in [-0.4, -0.2) is 66.2 Å². The molecule has 52 heavy (non-hydrogen) atoms. The lowest BCUT2D eigenvalue weighted by molar-refractivity contribution is 0.0230. The Balaban J connectivity index is 1.39. The number of esters is 1. The first-order chi connectivity index (χ1) is 24.5. The van der Waals surface area contributed by atoms with Crippen molar-refractivity contribution in [2.24, 2.45) is 5.41 Å². The Labute approximate surface area is 307 Å². The van der Waals surface area contributed by atoms with Gasteiger partial charge in [-0.25, -0.2) is 14.6 Å². The van der Waals surface area contributed by atoms with Crippen LogP contribution in [0.3, 0.4) is 0 Å². The zero-order valence-electron chi connectivity index (χ0n) is 30.8. The summed E-state index contributed by atoms with van der Waals surface area (Å²) in [5.41, 5.74) is 5.40. The van der Waals surface area contributed by atoms with Crippen LogP contribution >= 0.6 is 11.3 Å². The molecule has 3 amide bonds. The molecule has 2 aliphatic rings. The molecule has 0 spiro atoms. The molecule has 11 nitrogen and oxygen atoms in total. The topological polar surface area (TPSA) is 136 Å². The highest BCUT2D eigenvalue weighted by molar-refractivity contribution is 7.13. The number of amides is 3. The number of thiophene rings is 1. The number of hydrogen-bond donors (Lipinski definition) is 2. The number of pyridine rings is 1. The molecule has 12 heteroatoms. The van der Waals surface area contributed by atoms with E-state index in [1.54, 1.807) is 61.3 Å². The van der Waals surface area contributed by atoms with Gasteiger partial charge in [-0.3, -0.25) is 9.59 Å². The maximum atomic E-state index is 14.5. The number of aryl methyl sites for hydroxylation is 2. The van der Waals surface area contributed by atoms with E-state index in [0.717, 1.165) is 32.7 Å². The number of nitrogens with zero attached hydrogens (tertiary/aromatic N) is 2. The summed E-state index contributed by atoms with van der Waals surface area (Å²) in [7, 11) is 1.25. The average molecular weight is 725 g/mol. The molecule has 0 radical (unpaired) electrons. The van der Waals surface area contributed by atoms with Gasteiger partial charge >= 0.3 is 12.1 Å². The molecule has 0 atom stereocenters. The first-order valence-electron chi connectivity index (χ1n) is 17.2. The van der Waals surface area contributed by atoms with Crippen LogP contribution in [0.15, 0.2) is 47.8 Å². The van der Waals surface area contributed by atoms with Crippen LogP contribution in [0.2, 0.25) is 0 Å². The highest BCUT2D eigenvalue weighted by Gasteiger charge is 2.38. The van der Waals surface area contributed by atoms with Crippen molar-refractivity contribution in [1.29, 1.82) is 0 Å². The smallest absolute Gasteiger partial charge is 0.407 e. The molecule has 2 aromatic heterocycles. The van der Waals surface area contributed by atoms with E-state index < -0.39 is 23.6 Å². The summed E-state index contributed by atoms with van der Waals surface area (Å²) in [6, 6.07) is 12.7. The molecule has 2 aromatic carbocycles. The van der Waals surface area contributed by atoms with E-state index >= 15 is 0 Å². The molecule has 4 aromatic rings. The zero-order valence-corrected chi connectivity index (χ0v) is 31.6. The fourth-order valence-corrected chi connectivity index (χ4v) is 7.67. The molecule has 0 unspecified atom stereocenters. The van der Waals surface area contributed by atoms with Crippen molar-refractivity contribution in [1.82, 2.24) is 15.2 Å². The average Bonchev–Trinajstić information content (AvgIpc) is 3.47. The van der Waals surface area contributed by atoms with Gasteiger partial charge in [0.25, 0.3) is 11.8 Å². The number of nitrogens with one attached hydrogen (secondary N) is 2. The van der Waals surface area contributed by atoms with Gasteiger partial charge in [-0.1, -0.05) is 26.0 Å². The SMILES string of the molecule is COC(=O)c1nc(C(=O)N2CC(C)(C)C2)ccc1-c1cc2c(cc1C(=O)Nc1c(C)cc(CNC(=O)OC(C)(C)C)cc1C)-c1sccc1CCO2. The number of hydrogen-bond acceptors (Lipinski definition) is 9. The van der Waals surface area contributed by atoms with Gasteiger partial charge < -0.3 is 29.7 Å². The third-order valence-corrected chi connectivity index (χ3v) is 9.95. The Morgan fingerprint density at radius 2 is 1.69 bits per heavy atom. The van der Waals surface area contributed by atoms with Gasteiger partial charge in [-0.15, -0.1) is 11.3 Å². The van der Waals surface area contributed by atoms with Gasteiger partial charge in [-0.2, -0.15) is 0 Å². The molecule has 2 N–H and O–H groups in total. The minimum absolute atomic E-state index is 0.0152. The van der Waals surface area contributed by atoms with Gasteiger partial charge in [0.05, 0.1) is 13.7 Å². The highest BCUT2D eigenvalue weighted by atomic mass is 32.1. The summed E-state index contributed by atoms with van der Waals surface area (Å²) >= 11 is 1.57. The van der Waals surface area contributed by atoms with Crippen molar-refractivity contribution in [3.8, 4) is 27.3 Å². The maximum Gasteiger partial charge on any atom is 0.407 e. The number of aromatic nitrogens is 1. The van der Waals surface area contributed by atoms with Crippen molar-refractivity contribution < 1.29 is 33.4 Å². The minimum Gasteiger partial charge on any atom is -0.493 e. The zero-order chi connectivity index (χ0) is 37.5. The summed E-state index contributed by atoms with van der Waals surface area (Å²) in [6.45, 7) is 15.2. The number of likely N-dealkylation sites (tertiary alicyclic amines) is 1. The Bertz CT molecular complexity index is 2060. The molecular weight excluding hydrogens is 681 g/mol. The molecule has 6 rings (SSSR count). The van der Waals surface area contributed by atoms with Crippen molar-refractivity contribution in [3.63, 3.8) is 0 Å². The molecule has 1 saturated heterocycles. The number of fused-ring (bicyclic) bond motifs is 3. The van der Waals surface area contributed by atoms with Gasteiger partial charge in [0.2, 0.25) is 0 Å². The first-order valence-corrected chi connectivity index (χ1v) is 18.1. The van der Waals surface area contributed by atoms with Crippen LogP contribution in [0.4, 0.5) is 10.5 Å². The molecule has 4 heterocycles. The van der Waals surface area contributed by atoms with Gasteiger partial charge in [-0.05, 0) is 98.0 Å². The number of benzene rings is 2. The van der Waals surface area contributed by atoms with E-state index in [-0.39, 0.29) is 34.8 Å². The Morgan fingerprint density at radius 1 is 0.981 bits per heavy atom. The molecular formula is C40H44N4O7S. The van der Waals surface area contributed by atoms with Crippen LogP contribution in [0.1, 0.15) is 88.2 Å². The Kier molecular flexibility index (Phi) is 9.89. The second-order valence-corrected chi connectivity index (χ2v) is 16.0. The van der Waals surface area contributed by atoms with Gasteiger partial charge in [0, 0.05) is 58.9 Å². The Morgan fingerprint density at radius 3 is 2.35 bits per heavy atom. The van der Waals surface area contributed by atoms with E-state index in [9.17, 15) is 19.2 Å². The number of rotatable bonds is 7. The van der Waals surface area contributed by atoms with Crippen LogP contribution in [0, 0.1) is 19.3 Å². The van der Waals surface area contributed by atoms with Crippen molar-refractivity contribution in [2.45, 2.75) is 67.0 Å². The normalized spacial score (nSPS) is 14.5. The minimum atomic E-state index is -0.737. The summed E-state index contributed by atoms with van der Waals surface area (Å²) in [6.07, 6.45) is 0.188. The fourth-order valence-electron chi connectivity index (χ4n) is 6.69. The first kappa shape index (κ1) is 36.6. The van der Waals surface area contributed by atoms with Crippen LogP contribution < -0.4 is 15.4 Å². The summed E-state index contributed by atoms with van der Waals surface area (Å²) in [4.78, 5) is 60.6. The summed E-state index contributed by atoms with van der Waals surface area (Å²) in [5, 5.41) is 7.92. The lowest BCUT2D eigenvalue weighted by atomic mass is 9.84. The number of carbonyl (C=O) groups is 4. The number of anilines is 1. The lowest BCUT2D eigenvalue weighted by Crippen LogP contribution is -2.55. The summed E-state index contributed by atoms with van der Waals surface area (Å²) in [5.74, 6) is -0.857. The van der Waals surface area contributed by atoms with Crippen molar-refractivity contribution in [2.75, 3.05) is 32.1 Å². The molecule has 1 fully saturated rings. The van der Waals surface area contributed by atoms with E-state index in [1.807, 2.05) is 31.4 Å². The predicted octanol–water partition coefficient (Wildman–Crippen LogP) is 7.57. The Hall–Kier alpha value is -5.23. The maximum absolute atomic E-state index is 14.5. The molecule has 0 bridgehead atoms. The second kappa shape index (κ2) is 14.1. The van der Waals surface area contributed by atoms with E-state index in [1.165, 1.54) is 7.11 Å². The predicted molar refractivity (Wildman–Crippen MR) is 200 cm³/mol. The third kappa shape index (κ3) is 7.67. The van der Waals surface area contributed by atoms with Crippen LogP contribution in [-0.2, 0) is 22.4 Å². The van der Waals surface area contributed by atoms with Crippen LogP contribution in [0.25, 0.3) is 21.6 Å². The molecule has 0 saturated carbocycles. The monoisotopic (exact) mass is 724 g/mol. The number of carbonyl (C=O) groups excluding carboxylic acids is 4. The van der Waals surface area contributed by atoms with E-state index in [4.69, 9.17) is 14.2 Å². The fraction of sp³-hybridized carbons (Fsp3) is 0.375. The second-order valence-electron chi connectivity index (χ2n) is 15.1.